The summed E-state index contributed by atoms with van der Waals surface area (Å²) < 4.78 is 0. The number of nitrogens with one attached hydrogen (secondary N) is 1. The maximum Gasteiger partial charge on any atom is 0.220 e. The first-order chi connectivity index (χ1) is 11.8. The molecule has 1 amide bonds. The third-order valence-corrected chi connectivity index (χ3v) is 4.24. The molecule has 144 valence electrons. The Balaban J connectivity index is 3.93. The fourth-order valence-corrected chi connectivity index (χ4v) is 2.64. The van der Waals surface area contributed by atoms with E-state index in [0.29, 0.717) is 18.9 Å². The fraction of sp³-hybridized carbons (Fsp3) is 0.682. The molecule has 0 saturated heterocycles. The highest BCUT2D eigenvalue weighted by molar-refractivity contribution is 5.76. The Morgan fingerprint density at radius 3 is 2.08 bits per heavy atom. The number of amides is 1. The van der Waals surface area contributed by atoms with E-state index < -0.39 is 0 Å². The SMILES string of the molecule is CC(C)=CCC/C(C)=C/CC/C(C)=C/CCC(C)CC(=O)NCCO. The number of rotatable bonds is 13. The molecule has 0 radical (unpaired) electrons. The van der Waals surface area contributed by atoms with Crippen molar-refractivity contribution >= 4 is 5.91 Å². The summed E-state index contributed by atoms with van der Waals surface area (Å²) >= 11 is 0. The van der Waals surface area contributed by atoms with Crippen molar-refractivity contribution in [3.05, 3.63) is 34.9 Å². The van der Waals surface area contributed by atoms with Crippen molar-refractivity contribution in [1.82, 2.24) is 5.32 Å². The molecule has 0 aliphatic heterocycles. The first-order valence-corrected chi connectivity index (χ1v) is 9.67. The summed E-state index contributed by atoms with van der Waals surface area (Å²) in [4.78, 5) is 11.6. The van der Waals surface area contributed by atoms with Gasteiger partial charge in [-0.25, -0.2) is 0 Å². The molecule has 0 aromatic carbocycles. The lowest BCUT2D eigenvalue weighted by molar-refractivity contribution is -0.122. The van der Waals surface area contributed by atoms with Crippen LogP contribution in [0.2, 0.25) is 0 Å². The topological polar surface area (TPSA) is 49.3 Å². The number of aliphatic hydroxyl groups is 1. The van der Waals surface area contributed by atoms with Crippen LogP contribution in [0.25, 0.3) is 0 Å². The van der Waals surface area contributed by atoms with E-state index in [0.717, 1.165) is 38.5 Å². The van der Waals surface area contributed by atoms with Crippen molar-refractivity contribution in [1.29, 1.82) is 0 Å². The zero-order valence-electron chi connectivity index (χ0n) is 17.0. The minimum Gasteiger partial charge on any atom is -0.395 e. The van der Waals surface area contributed by atoms with Gasteiger partial charge in [0.25, 0.3) is 0 Å². The number of hydrogen-bond acceptors (Lipinski definition) is 2. The van der Waals surface area contributed by atoms with E-state index in [2.05, 4.69) is 58.2 Å². The van der Waals surface area contributed by atoms with E-state index in [1.165, 1.54) is 16.7 Å². The first kappa shape index (κ1) is 23.6. The zero-order chi connectivity index (χ0) is 19.1. The molecule has 0 aliphatic rings. The Morgan fingerprint density at radius 2 is 1.52 bits per heavy atom. The molecular formula is C22H39NO2. The lowest BCUT2D eigenvalue weighted by Crippen LogP contribution is -2.27. The zero-order valence-corrected chi connectivity index (χ0v) is 17.0. The molecule has 0 aliphatic carbocycles. The molecule has 0 bridgehead atoms. The van der Waals surface area contributed by atoms with Crippen molar-refractivity contribution in [2.24, 2.45) is 5.92 Å². The van der Waals surface area contributed by atoms with Gasteiger partial charge in [-0.3, -0.25) is 4.79 Å². The molecule has 3 heteroatoms. The van der Waals surface area contributed by atoms with E-state index in [-0.39, 0.29) is 12.5 Å². The minimum atomic E-state index is 0.00488. The number of carbonyl (C=O) groups is 1. The summed E-state index contributed by atoms with van der Waals surface area (Å²) in [5, 5.41) is 11.4. The normalized spacial score (nSPS) is 13.5. The molecule has 0 fully saturated rings. The Kier molecular flexibility index (Phi) is 14.1. The molecule has 25 heavy (non-hydrogen) atoms. The molecule has 0 spiro atoms. The molecule has 0 aromatic rings. The summed E-state index contributed by atoms with van der Waals surface area (Å²) in [6.07, 6.45) is 14.1. The quantitative estimate of drug-likeness (QED) is 0.442. The van der Waals surface area contributed by atoms with Gasteiger partial charge in [0.2, 0.25) is 5.91 Å². The fourth-order valence-electron chi connectivity index (χ4n) is 2.64. The van der Waals surface area contributed by atoms with Gasteiger partial charge in [0.05, 0.1) is 6.61 Å². The Bertz CT molecular complexity index is 457. The Morgan fingerprint density at radius 1 is 0.960 bits per heavy atom. The van der Waals surface area contributed by atoms with Crippen LogP contribution in [0.1, 0.15) is 79.6 Å². The largest absolute Gasteiger partial charge is 0.395 e. The number of aliphatic hydroxyl groups excluding tert-OH is 1. The third kappa shape index (κ3) is 15.9. The Labute approximate surface area is 155 Å². The van der Waals surface area contributed by atoms with E-state index in [9.17, 15) is 4.79 Å². The molecule has 1 atom stereocenters. The molecule has 2 N–H and O–H groups in total. The average molecular weight is 350 g/mol. The predicted molar refractivity (Wildman–Crippen MR) is 109 cm³/mol. The monoisotopic (exact) mass is 349 g/mol. The standard InChI is InChI=1S/C22H39NO2/c1-18(2)9-6-10-19(3)11-7-12-20(4)13-8-14-21(5)17-22(25)23-15-16-24/h9,11,13,21,24H,6-8,10,12,14-17H2,1-5H3,(H,23,25)/b19-11+,20-13+. The van der Waals surface area contributed by atoms with Crippen LogP contribution in [0.4, 0.5) is 0 Å². The summed E-state index contributed by atoms with van der Waals surface area (Å²) in [7, 11) is 0. The smallest absolute Gasteiger partial charge is 0.220 e. The van der Waals surface area contributed by atoms with E-state index >= 15 is 0 Å². The van der Waals surface area contributed by atoms with Gasteiger partial charge in [-0.1, -0.05) is 41.9 Å². The first-order valence-electron chi connectivity index (χ1n) is 9.67. The predicted octanol–water partition coefficient (Wildman–Crippen LogP) is 5.32. The van der Waals surface area contributed by atoms with Crippen LogP contribution >= 0.6 is 0 Å². The second-order valence-electron chi connectivity index (χ2n) is 7.42. The summed E-state index contributed by atoms with van der Waals surface area (Å²) in [5.41, 5.74) is 4.31. The van der Waals surface area contributed by atoms with Gasteiger partial charge in [0.15, 0.2) is 0 Å². The highest BCUT2D eigenvalue weighted by Crippen LogP contribution is 2.15. The number of hydrogen-bond donors (Lipinski definition) is 2. The van der Waals surface area contributed by atoms with Gasteiger partial charge >= 0.3 is 0 Å². The van der Waals surface area contributed by atoms with Crippen LogP contribution in [0.3, 0.4) is 0 Å². The van der Waals surface area contributed by atoms with Crippen LogP contribution in [-0.2, 0) is 4.79 Å². The second-order valence-corrected chi connectivity index (χ2v) is 7.42. The van der Waals surface area contributed by atoms with Crippen molar-refractivity contribution in [3.63, 3.8) is 0 Å². The Hall–Kier alpha value is -1.35. The van der Waals surface area contributed by atoms with Crippen LogP contribution in [-0.4, -0.2) is 24.2 Å². The molecule has 3 nitrogen and oxygen atoms in total. The summed E-state index contributed by atoms with van der Waals surface area (Å²) in [5.74, 6) is 0.413. The number of allylic oxidation sites excluding steroid dienone is 6. The second kappa shape index (κ2) is 14.9. The number of carbonyl (C=O) groups excluding carboxylic acids is 1. The van der Waals surface area contributed by atoms with Crippen LogP contribution in [0.5, 0.6) is 0 Å². The summed E-state index contributed by atoms with van der Waals surface area (Å²) in [6, 6.07) is 0. The minimum absolute atomic E-state index is 0.00488. The van der Waals surface area contributed by atoms with Gasteiger partial charge in [0.1, 0.15) is 0 Å². The van der Waals surface area contributed by atoms with Crippen LogP contribution in [0.15, 0.2) is 34.9 Å². The van der Waals surface area contributed by atoms with E-state index in [1.54, 1.807) is 0 Å². The summed E-state index contributed by atoms with van der Waals surface area (Å²) in [6.45, 7) is 11.2. The van der Waals surface area contributed by atoms with Crippen LogP contribution < -0.4 is 5.32 Å². The molecule has 0 rings (SSSR count). The average Bonchev–Trinajstić information content (AvgIpc) is 2.52. The van der Waals surface area contributed by atoms with Crippen molar-refractivity contribution in [2.45, 2.75) is 79.6 Å². The lowest BCUT2D eigenvalue weighted by atomic mass is 9.99. The van der Waals surface area contributed by atoms with Gasteiger partial charge in [-0.15, -0.1) is 0 Å². The maximum absolute atomic E-state index is 11.6. The molecule has 0 aromatic heterocycles. The van der Waals surface area contributed by atoms with Gasteiger partial charge in [0, 0.05) is 13.0 Å². The van der Waals surface area contributed by atoms with Gasteiger partial charge in [-0.05, 0) is 72.1 Å². The van der Waals surface area contributed by atoms with Crippen molar-refractivity contribution in [3.8, 4) is 0 Å². The molecule has 0 heterocycles. The molecule has 1 unspecified atom stereocenters. The van der Waals surface area contributed by atoms with Crippen molar-refractivity contribution in [2.75, 3.05) is 13.2 Å². The molecule has 0 saturated carbocycles. The maximum atomic E-state index is 11.6. The van der Waals surface area contributed by atoms with Crippen molar-refractivity contribution < 1.29 is 9.90 Å². The van der Waals surface area contributed by atoms with Crippen LogP contribution in [0, 0.1) is 5.92 Å². The lowest BCUT2D eigenvalue weighted by Gasteiger charge is -2.10. The van der Waals surface area contributed by atoms with E-state index in [1.807, 2.05) is 0 Å². The van der Waals surface area contributed by atoms with E-state index in [4.69, 9.17) is 5.11 Å². The highest BCUT2D eigenvalue weighted by atomic mass is 16.3. The third-order valence-electron chi connectivity index (χ3n) is 4.24. The highest BCUT2D eigenvalue weighted by Gasteiger charge is 2.07. The molecular weight excluding hydrogens is 310 g/mol. The van der Waals surface area contributed by atoms with Gasteiger partial charge in [-0.2, -0.15) is 0 Å². The van der Waals surface area contributed by atoms with Gasteiger partial charge < -0.3 is 10.4 Å².